The molecule has 0 atom stereocenters. The lowest BCUT2D eigenvalue weighted by Crippen LogP contribution is -2.28. The maximum Gasteiger partial charge on any atom is 0.267 e. The normalized spacial score (nSPS) is 10.9. The van der Waals surface area contributed by atoms with Crippen molar-refractivity contribution >= 4 is 17.4 Å². The highest BCUT2D eigenvalue weighted by atomic mass is 32.1. The summed E-state index contributed by atoms with van der Waals surface area (Å²) in [6, 6.07) is 8.20. The fourth-order valence-corrected chi connectivity index (χ4v) is 3.39. The van der Waals surface area contributed by atoms with E-state index in [4.69, 9.17) is 0 Å². The van der Waals surface area contributed by atoms with E-state index >= 15 is 0 Å². The standard InChI is InChI=1S/C18H20FN5OS/c1-3-15-17(26-23-22-15)18(25)24(2)10-4-5-14-11-16(21-20-14)12-6-8-13(19)9-7-12/h6-9,11H,3-5,10H2,1-2H3,(H,20,21). The number of amides is 1. The Bertz CT molecular complexity index is 874. The highest BCUT2D eigenvalue weighted by molar-refractivity contribution is 7.07. The molecule has 0 saturated carbocycles. The molecule has 0 aliphatic rings. The van der Waals surface area contributed by atoms with Crippen LogP contribution in [0.4, 0.5) is 4.39 Å². The average molecular weight is 373 g/mol. The van der Waals surface area contributed by atoms with Gasteiger partial charge in [-0.05, 0) is 61.1 Å². The number of rotatable bonds is 7. The number of aromatic amines is 1. The molecule has 3 rings (SSSR count). The second-order valence-electron chi connectivity index (χ2n) is 6.02. The summed E-state index contributed by atoms with van der Waals surface area (Å²) in [4.78, 5) is 14.8. The average Bonchev–Trinajstić information content (AvgIpc) is 3.30. The summed E-state index contributed by atoms with van der Waals surface area (Å²) in [6.45, 7) is 2.59. The summed E-state index contributed by atoms with van der Waals surface area (Å²) in [5, 5.41) is 11.3. The second-order valence-corrected chi connectivity index (χ2v) is 6.77. The predicted octanol–water partition coefficient (Wildman–Crippen LogP) is 3.33. The lowest BCUT2D eigenvalue weighted by molar-refractivity contribution is 0.0797. The minimum absolute atomic E-state index is 0.0338. The minimum atomic E-state index is -0.264. The topological polar surface area (TPSA) is 74.8 Å². The van der Waals surface area contributed by atoms with Gasteiger partial charge in [0.15, 0.2) is 0 Å². The highest BCUT2D eigenvalue weighted by Gasteiger charge is 2.18. The second kappa shape index (κ2) is 8.18. The summed E-state index contributed by atoms with van der Waals surface area (Å²) in [5.74, 6) is -0.298. The van der Waals surface area contributed by atoms with Gasteiger partial charge in [-0.1, -0.05) is 11.4 Å². The van der Waals surface area contributed by atoms with Crippen LogP contribution in [-0.4, -0.2) is 44.2 Å². The zero-order chi connectivity index (χ0) is 18.5. The number of carbonyl (C=O) groups excluding carboxylic acids is 1. The molecule has 0 aliphatic carbocycles. The molecule has 0 unspecified atom stereocenters. The van der Waals surface area contributed by atoms with Crippen LogP contribution >= 0.6 is 11.5 Å². The number of aryl methyl sites for hydroxylation is 2. The number of benzene rings is 1. The van der Waals surface area contributed by atoms with Gasteiger partial charge in [0.2, 0.25) is 0 Å². The molecule has 1 amide bonds. The molecule has 0 aliphatic heterocycles. The Kier molecular flexibility index (Phi) is 5.72. The van der Waals surface area contributed by atoms with Crippen LogP contribution in [0.5, 0.6) is 0 Å². The van der Waals surface area contributed by atoms with Crippen LogP contribution in [0.15, 0.2) is 30.3 Å². The molecule has 1 aromatic carbocycles. The third kappa shape index (κ3) is 4.13. The monoisotopic (exact) mass is 373 g/mol. The van der Waals surface area contributed by atoms with E-state index in [1.54, 1.807) is 24.1 Å². The molecule has 136 valence electrons. The van der Waals surface area contributed by atoms with Gasteiger partial charge in [0.1, 0.15) is 10.7 Å². The van der Waals surface area contributed by atoms with E-state index in [9.17, 15) is 9.18 Å². The van der Waals surface area contributed by atoms with Gasteiger partial charge in [-0.15, -0.1) is 5.10 Å². The lowest BCUT2D eigenvalue weighted by Gasteiger charge is -2.15. The summed E-state index contributed by atoms with van der Waals surface area (Å²) in [5.41, 5.74) is 3.39. The Labute approximate surface area is 155 Å². The molecular weight excluding hydrogens is 353 g/mol. The van der Waals surface area contributed by atoms with Crippen LogP contribution in [0.3, 0.4) is 0 Å². The van der Waals surface area contributed by atoms with E-state index < -0.39 is 0 Å². The molecule has 6 nitrogen and oxygen atoms in total. The predicted molar refractivity (Wildman–Crippen MR) is 98.6 cm³/mol. The third-order valence-electron chi connectivity index (χ3n) is 4.14. The Morgan fingerprint density at radius 1 is 1.31 bits per heavy atom. The van der Waals surface area contributed by atoms with Crippen LogP contribution in [0.1, 0.15) is 34.4 Å². The number of aromatic nitrogens is 4. The smallest absolute Gasteiger partial charge is 0.267 e. The zero-order valence-electron chi connectivity index (χ0n) is 14.7. The first kappa shape index (κ1) is 18.2. The zero-order valence-corrected chi connectivity index (χ0v) is 15.5. The third-order valence-corrected chi connectivity index (χ3v) is 4.90. The van der Waals surface area contributed by atoms with E-state index in [1.807, 2.05) is 13.0 Å². The maximum atomic E-state index is 13.0. The fourth-order valence-electron chi connectivity index (χ4n) is 2.64. The molecule has 0 radical (unpaired) electrons. The van der Waals surface area contributed by atoms with E-state index in [0.717, 1.165) is 47.0 Å². The van der Waals surface area contributed by atoms with Gasteiger partial charge in [0, 0.05) is 24.8 Å². The summed E-state index contributed by atoms with van der Waals surface area (Å²) < 4.78 is 16.9. The van der Waals surface area contributed by atoms with Crippen molar-refractivity contribution < 1.29 is 9.18 Å². The van der Waals surface area contributed by atoms with Crippen LogP contribution in [0, 0.1) is 5.82 Å². The molecule has 2 heterocycles. The largest absolute Gasteiger partial charge is 0.341 e. The van der Waals surface area contributed by atoms with E-state index in [1.165, 1.54) is 12.1 Å². The van der Waals surface area contributed by atoms with Gasteiger partial charge in [-0.2, -0.15) is 5.10 Å². The van der Waals surface area contributed by atoms with E-state index in [-0.39, 0.29) is 11.7 Å². The van der Waals surface area contributed by atoms with Crippen molar-refractivity contribution in [2.24, 2.45) is 0 Å². The van der Waals surface area contributed by atoms with E-state index in [0.29, 0.717) is 17.8 Å². The van der Waals surface area contributed by atoms with Gasteiger partial charge >= 0.3 is 0 Å². The quantitative estimate of drug-likeness (QED) is 0.689. The fraction of sp³-hybridized carbons (Fsp3) is 0.333. The highest BCUT2D eigenvalue weighted by Crippen LogP contribution is 2.19. The maximum absolute atomic E-state index is 13.0. The Balaban J connectivity index is 1.53. The summed E-state index contributed by atoms with van der Waals surface area (Å²) in [6.07, 6.45) is 2.28. The molecule has 0 bridgehead atoms. The number of hydrogen-bond acceptors (Lipinski definition) is 5. The molecule has 0 fully saturated rings. The Morgan fingerprint density at radius 3 is 2.81 bits per heavy atom. The van der Waals surface area contributed by atoms with Crippen molar-refractivity contribution in [3.8, 4) is 11.3 Å². The Hall–Kier alpha value is -2.61. The van der Waals surface area contributed by atoms with Crippen molar-refractivity contribution in [2.75, 3.05) is 13.6 Å². The molecule has 26 heavy (non-hydrogen) atoms. The SMILES string of the molecule is CCc1nnsc1C(=O)N(C)CCCc1cc(-c2ccc(F)cc2)n[nH]1. The first-order valence-corrected chi connectivity index (χ1v) is 9.22. The number of H-pyrrole nitrogens is 1. The van der Waals surface area contributed by atoms with Gasteiger partial charge in [0.25, 0.3) is 5.91 Å². The molecule has 8 heteroatoms. The van der Waals surface area contributed by atoms with Crippen molar-refractivity contribution in [2.45, 2.75) is 26.2 Å². The molecule has 3 aromatic rings. The number of carbonyl (C=O) groups is 1. The first-order chi connectivity index (χ1) is 12.6. The minimum Gasteiger partial charge on any atom is -0.341 e. The number of nitrogens with one attached hydrogen (secondary N) is 1. The molecule has 0 saturated heterocycles. The molecule has 0 spiro atoms. The van der Waals surface area contributed by atoms with Gasteiger partial charge in [-0.3, -0.25) is 9.89 Å². The number of halogens is 1. The van der Waals surface area contributed by atoms with Crippen LogP contribution < -0.4 is 0 Å². The van der Waals surface area contributed by atoms with Crippen molar-refractivity contribution in [3.05, 3.63) is 52.4 Å². The summed E-state index contributed by atoms with van der Waals surface area (Å²) >= 11 is 1.15. The van der Waals surface area contributed by atoms with Crippen LogP contribution in [-0.2, 0) is 12.8 Å². The van der Waals surface area contributed by atoms with Gasteiger partial charge in [0.05, 0.1) is 11.4 Å². The summed E-state index contributed by atoms with van der Waals surface area (Å²) in [7, 11) is 1.79. The number of nitrogens with zero attached hydrogens (tertiary/aromatic N) is 4. The molecule has 1 N–H and O–H groups in total. The van der Waals surface area contributed by atoms with Crippen molar-refractivity contribution in [1.82, 2.24) is 24.7 Å². The van der Waals surface area contributed by atoms with Crippen molar-refractivity contribution in [3.63, 3.8) is 0 Å². The molecular formula is C18H20FN5OS. The van der Waals surface area contributed by atoms with Crippen LogP contribution in [0.2, 0.25) is 0 Å². The van der Waals surface area contributed by atoms with Crippen LogP contribution in [0.25, 0.3) is 11.3 Å². The van der Waals surface area contributed by atoms with Gasteiger partial charge in [-0.25, -0.2) is 4.39 Å². The number of hydrogen-bond donors (Lipinski definition) is 1. The molecule has 2 aromatic heterocycles. The van der Waals surface area contributed by atoms with Gasteiger partial charge < -0.3 is 4.90 Å². The van der Waals surface area contributed by atoms with E-state index in [2.05, 4.69) is 19.8 Å². The Morgan fingerprint density at radius 2 is 2.08 bits per heavy atom. The first-order valence-electron chi connectivity index (χ1n) is 8.45. The van der Waals surface area contributed by atoms with Crippen molar-refractivity contribution in [1.29, 1.82) is 0 Å². The lowest BCUT2D eigenvalue weighted by atomic mass is 10.1.